The Morgan fingerprint density at radius 3 is 2.51 bits per heavy atom. The summed E-state index contributed by atoms with van der Waals surface area (Å²) >= 11 is 0. The standard InChI is InChI=1S/C33H33FN2O3/c1-21(22-7-3-2-4-8-22)35-31(39)20-27(38)19-26(37)17-18-29-32(23-13-15-25(34)16-14-23)28-9-5-6-10-30(28)36-33(29)24-11-12-24/h2-10,13-18,21,24,26-27,37-38H,11-12,19-20H2,1H3,(H,35,39)/b18-17+/t21?,26-,27-/m1/s1/i11D2,12D2,24D. The van der Waals surface area contributed by atoms with Crippen molar-refractivity contribution in [3.8, 4) is 11.1 Å². The highest BCUT2D eigenvalue weighted by molar-refractivity contribution is 5.99. The Balaban J connectivity index is 1.46. The van der Waals surface area contributed by atoms with Crippen molar-refractivity contribution in [2.24, 2.45) is 0 Å². The highest BCUT2D eigenvalue weighted by Crippen LogP contribution is 2.45. The maximum Gasteiger partial charge on any atom is 0.223 e. The van der Waals surface area contributed by atoms with E-state index in [0.717, 1.165) is 5.56 Å². The van der Waals surface area contributed by atoms with Crippen LogP contribution in [0.15, 0.2) is 84.9 Å². The average molecular weight is 530 g/mol. The summed E-state index contributed by atoms with van der Waals surface area (Å²) in [5.74, 6) is -3.22. The minimum atomic E-state index is -2.56. The van der Waals surface area contributed by atoms with E-state index in [2.05, 4.69) is 10.3 Å². The number of pyridine rings is 1. The number of aromatic nitrogens is 1. The third-order valence-electron chi connectivity index (χ3n) is 6.65. The highest BCUT2D eigenvalue weighted by Gasteiger charge is 2.29. The van der Waals surface area contributed by atoms with Crippen LogP contribution in [0.3, 0.4) is 0 Å². The monoisotopic (exact) mass is 529 g/mol. The minimum Gasteiger partial charge on any atom is -0.392 e. The summed E-state index contributed by atoms with van der Waals surface area (Å²) < 4.78 is 56.0. The van der Waals surface area contributed by atoms with Crippen LogP contribution in [0.25, 0.3) is 28.1 Å². The molecule has 0 radical (unpaired) electrons. The van der Waals surface area contributed by atoms with Crippen molar-refractivity contribution in [1.82, 2.24) is 10.3 Å². The first kappa shape index (κ1) is 21.0. The van der Waals surface area contributed by atoms with Crippen LogP contribution in [0.2, 0.25) is 0 Å². The molecule has 39 heavy (non-hydrogen) atoms. The Hall–Kier alpha value is -3.87. The molecule has 3 aromatic carbocycles. The third-order valence-corrected chi connectivity index (χ3v) is 6.65. The van der Waals surface area contributed by atoms with E-state index < -0.39 is 36.7 Å². The Kier molecular flexibility index (Phi) is 6.41. The van der Waals surface area contributed by atoms with Gasteiger partial charge in [0.25, 0.3) is 0 Å². The van der Waals surface area contributed by atoms with Gasteiger partial charge in [-0.2, -0.15) is 0 Å². The fraction of sp³-hybridized carbons (Fsp3) is 0.273. The van der Waals surface area contributed by atoms with Gasteiger partial charge in [0, 0.05) is 35.7 Å². The SMILES string of the molecule is [2H]C1([2H])C([2H])([2H])C1([2H])c1nc2ccccc2c(-c2ccc(F)cc2)c1/C=C/[C@@H](O)C[C@@H](O)CC(=O)NC(C)c1ccccc1. The van der Waals surface area contributed by atoms with Crippen molar-refractivity contribution in [2.45, 2.75) is 56.7 Å². The number of carbonyl (C=O) groups excluding carboxylic acids is 1. The van der Waals surface area contributed by atoms with Crippen LogP contribution >= 0.6 is 0 Å². The van der Waals surface area contributed by atoms with Gasteiger partial charge in [-0.05, 0) is 49.0 Å². The van der Waals surface area contributed by atoms with Gasteiger partial charge < -0.3 is 15.5 Å². The number of fused-ring (bicyclic) bond motifs is 1. The molecule has 0 aliphatic heterocycles. The van der Waals surface area contributed by atoms with Crippen LogP contribution in [0, 0.1) is 5.82 Å². The number of rotatable bonds is 10. The van der Waals surface area contributed by atoms with Crippen LogP contribution in [-0.2, 0) is 4.79 Å². The Labute approximate surface area is 235 Å². The average Bonchev–Trinajstić information content (AvgIpc) is 3.31. The quantitative estimate of drug-likeness (QED) is 0.225. The van der Waals surface area contributed by atoms with E-state index >= 15 is 0 Å². The Morgan fingerprint density at radius 1 is 1.10 bits per heavy atom. The van der Waals surface area contributed by atoms with Crippen LogP contribution < -0.4 is 5.32 Å². The van der Waals surface area contributed by atoms with Crippen molar-refractivity contribution < 1.29 is 26.3 Å². The maximum absolute atomic E-state index is 13.9. The van der Waals surface area contributed by atoms with Crippen LogP contribution in [0.5, 0.6) is 0 Å². The molecule has 0 spiro atoms. The number of hydrogen-bond donors (Lipinski definition) is 3. The van der Waals surface area contributed by atoms with Gasteiger partial charge in [0.1, 0.15) is 5.82 Å². The molecule has 3 atom stereocenters. The number of para-hydroxylation sites is 1. The van der Waals surface area contributed by atoms with Gasteiger partial charge in [-0.3, -0.25) is 9.78 Å². The highest BCUT2D eigenvalue weighted by atomic mass is 19.1. The molecule has 0 bridgehead atoms. The van der Waals surface area contributed by atoms with Gasteiger partial charge in [-0.15, -0.1) is 0 Å². The molecule has 1 aliphatic rings. The first-order valence-corrected chi connectivity index (χ1v) is 12.9. The largest absolute Gasteiger partial charge is 0.392 e. The second kappa shape index (κ2) is 11.9. The number of nitrogens with zero attached hydrogens (tertiary/aromatic N) is 1. The molecule has 6 heteroatoms. The van der Waals surface area contributed by atoms with Gasteiger partial charge in [0.05, 0.1) is 35.9 Å². The Bertz CT molecular complexity index is 1690. The fourth-order valence-corrected chi connectivity index (χ4v) is 4.64. The van der Waals surface area contributed by atoms with Crippen LogP contribution in [0.1, 0.15) is 68.1 Å². The molecule has 5 nitrogen and oxygen atoms in total. The number of benzene rings is 3. The maximum atomic E-state index is 13.9. The summed E-state index contributed by atoms with van der Waals surface area (Å²) in [6.07, 6.45) is -5.22. The molecule has 1 heterocycles. The molecule has 1 aliphatic carbocycles. The van der Waals surface area contributed by atoms with Crippen molar-refractivity contribution >= 4 is 22.9 Å². The smallest absolute Gasteiger partial charge is 0.223 e. The lowest BCUT2D eigenvalue weighted by molar-refractivity contribution is -0.123. The molecule has 3 N–H and O–H groups in total. The summed E-state index contributed by atoms with van der Waals surface area (Å²) in [6.45, 7) is 1.83. The molecule has 1 fully saturated rings. The number of halogens is 1. The molecule has 5 rings (SSSR count). The van der Waals surface area contributed by atoms with E-state index in [1.54, 1.807) is 24.3 Å². The van der Waals surface area contributed by atoms with E-state index in [4.69, 9.17) is 6.85 Å². The predicted octanol–water partition coefficient (Wildman–Crippen LogP) is 6.31. The minimum absolute atomic E-state index is 0.163. The molecule has 1 saturated carbocycles. The lowest BCUT2D eigenvalue weighted by Crippen LogP contribution is -2.31. The molecule has 1 unspecified atom stereocenters. The predicted molar refractivity (Wildman–Crippen MR) is 152 cm³/mol. The second-order valence-electron chi connectivity index (χ2n) is 9.62. The van der Waals surface area contributed by atoms with Gasteiger partial charge >= 0.3 is 0 Å². The van der Waals surface area contributed by atoms with Gasteiger partial charge in [0.2, 0.25) is 5.91 Å². The van der Waals surface area contributed by atoms with Crippen molar-refractivity contribution in [3.05, 3.63) is 108 Å². The zero-order valence-corrected chi connectivity index (χ0v) is 21.4. The van der Waals surface area contributed by atoms with E-state index in [0.29, 0.717) is 22.0 Å². The lowest BCUT2D eigenvalue weighted by atomic mass is 9.92. The van der Waals surface area contributed by atoms with Crippen molar-refractivity contribution in [1.29, 1.82) is 0 Å². The lowest BCUT2D eigenvalue weighted by Gasteiger charge is -2.18. The number of carbonyl (C=O) groups is 1. The molecular weight excluding hydrogens is 491 g/mol. The van der Waals surface area contributed by atoms with Crippen molar-refractivity contribution in [2.75, 3.05) is 0 Å². The van der Waals surface area contributed by atoms with Crippen molar-refractivity contribution in [3.63, 3.8) is 0 Å². The van der Waals surface area contributed by atoms with E-state index in [1.165, 1.54) is 36.4 Å². The number of nitrogens with one attached hydrogen (secondary N) is 1. The molecule has 200 valence electrons. The fourth-order valence-electron chi connectivity index (χ4n) is 4.64. The molecule has 1 amide bonds. The topological polar surface area (TPSA) is 82.5 Å². The van der Waals surface area contributed by atoms with Gasteiger partial charge in [-0.25, -0.2) is 4.39 Å². The van der Waals surface area contributed by atoms with Crippen LogP contribution in [-0.4, -0.2) is 33.3 Å². The number of aliphatic hydroxyl groups excluding tert-OH is 2. The zero-order valence-electron chi connectivity index (χ0n) is 26.4. The third kappa shape index (κ3) is 6.59. The normalized spacial score (nSPS) is 21.1. The number of aliphatic hydroxyl groups is 2. The molecule has 4 aromatic rings. The zero-order chi connectivity index (χ0) is 31.9. The summed E-state index contributed by atoms with van der Waals surface area (Å²) in [5, 5.41) is 24.8. The summed E-state index contributed by atoms with van der Waals surface area (Å²) in [4.78, 5) is 17.1. The van der Waals surface area contributed by atoms with E-state index in [-0.39, 0.29) is 36.0 Å². The summed E-state index contributed by atoms with van der Waals surface area (Å²) in [7, 11) is 0. The molecule has 1 aromatic heterocycles. The second-order valence-corrected chi connectivity index (χ2v) is 9.62. The first-order valence-electron chi connectivity index (χ1n) is 15.4. The number of hydrogen-bond acceptors (Lipinski definition) is 4. The summed E-state index contributed by atoms with van der Waals surface area (Å²) in [6, 6.07) is 21.6. The van der Waals surface area contributed by atoms with Gasteiger partial charge in [0.15, 0.2) is 0 Å². The van der Waals surface area contributed by atoms with Gasteiger partial charge in [-0.1, -0.05) is 72.8 Å². The van der Waals surface area contributed by atoms with Crippen LogP contribution in [0.4, 0.5) is 4.39 Å². The summed E-state index contributed by atoms with van der Waals surface area (Å²) in [5.41, 5.74) is 2.33. The van der Waals surface area contributed by atoms with E-state index in [9.17, 15) is 19.4 Å². The molecular formula is C33H33FN2O3. The van der Waals surface area contributed by atoms with E-state index in [1.807, 2.05) is 37.3 Å². The first-order chi connectivity index (χ1) is 20.8. The Morgan fingerprint density at radius 2 is 1.79 bits per heavy atom. The molecule has 0 saturated heterocycles. The number of amides is 1.